The van der Waals surface area contributed by atoms with E-state index in [1.807, 2.05) is 47.4 Å². The van der Waals surface area contributed by atoms with Crippen LogP contribution in [0.2, 0.25) is 5.02 Å². The molecular weight excluding hydrogens is 408 g/mol. The molecule has 2 aromatic rings. The second-order valence-electron chi connectivity index (χ2n) is 9.32. The van der Waals surface area contributed by atoms with E-state index in [4.69, 9.17) is 16.3 Å². The number of halogens is 1. The fraction of sp³-hybridized carbons (Fsp3) is 0.500. The Balaban J connectivity index is 1.68. The van der Waals surface area contributed by atoms with E-state index in [0.717, 1.165) is 66.6 Å². The zero-order valence-electron chi connectivity index (χ0n) is 19.2. The minimum Gasteiger partial charge on any atom is -0.489 e. The number of benzene rings is 2. The van der Waals surface area contributed by atoms with Gasteiger partial charge in [-0.2, -0.15) is 0 Å². The summed E-state index contributed by atoms with van der Waals surface area (Å²) >= 11 is 5.97. The summed E-state index contributed by atoms with van der Waals surface area (Å²) in [6.45, 7) is 13.9. The summed E-state index contributed by atoms with van der Waals surface area (Å²) in [5, 5.41) is 0.720. The Morgan fingerprint density at radius 1 is 0.968 bits per heavy atom. The van der Waals surface area contributed by atoms with Gasteiger partial charge in [-0.05, 0) is 59.7 Å². The molecule has 1 aliphatic heterocycles. The van der Waals surface area contributed by atoms with Gasteiger partial charge in [0.1, 0.15) is 12.4 Å². The Morgan fingerprint density at radius 3 is 2.26 bits per heavy atom. The molecule has 0 bridgehead atoms. The van der Waals surface area contributed by atoms with Crippen molar-refractivity contribution in [2.24, 2.45) is 11.8 Å². The first-order valence-corrected chi connectivity index (χ1v) is 11.7. The van der Waals surface area contributed by atoms with Gasteiger partial charge < -0.3 is 9.64 Å². The minimum atomic E-state index is 0.124. The van der Waals surface area contributed by atoms with Gasteiger partial charge in [-0.15, -0.1) is 0 Å². The Bertz CT molecular complexity index is 856. The molecule has 1 heterocycles. The molecule has 0 atom stereocenters. The summed E-state index contributed by atoms with van der Waals surface area (Å²) in [6.07, 6.45) is 0.874. The van der Waals surface area contributed by atoms with Crippen LogP contribution < -0.4 is 4.74 Å². The molecule has 4 nitrogen and oxygen atoms in total. The van der Waals surface area contributed by atoms with Crippen LogP contribution in [0.15, 0.2) is 42.5 Å². The van der Waals surface area contributed by atoms with Crippen molar-refractivity contribution in [3.05, 3.63) is 64.2 Å². The third-order valence-electron chi connectivity index (χ3n) is 5.53. The maximum Gasteiger partial charge on any atom is 0.253 e. The van der Waals surface area contributed by atoms with Gasteiger partial charge in [0, 0.05) is 43.3 Å². The maximum atomic E-state index is 13.1. The number of hydrogen-bond donors (Lipinski definition) is 0. The number of amides is 1. The third kappa shape index (κ3) is 6.98. The first-order valence-electron chi connectivity index (χ1n) is 11.3. The molecule has 5 heteroatoms. The standard InChI is InChI=1S/C26H35ClN2O2/c1-19(2)15-23-16-22(26(30)29-13-11-28(12-14-29)17-20(3)4)7-10-25(23)31-18-21-5-8-24(27)9-6-21/h5-10,16,19-20H,11-15,17-18H2,1-4H3. The minimum absolute atomic E-state index is 0.124. The molecule has 31 heavy (non-hydrogen) atoms. The van der Waals surface area contributed by atoms with Crippen molar-refractivity contribution in [2.45, 2.75) is 40.7 Å². The van der Waals surface area contributed by atoms with E-state index in [-0.39, 0.29) is 5.91 Å². The lowest BCUT2D eigenvalue weighted by Gasteiger charge is -2.35. The Hall–Kier alpha value is -2.04. The number of carbonyl (C=O) groups excluding carboxylic acids is 1. The van der Waals surface area contributed by atoms with Gasteiger partial charge in [0.2, 0.25) is 0 Å². The Morgan fingerprint density at radius 2 is 1.65 bits per heavy atom. The average molecular weight is 443 g/mol. The van der Waals surface area contributed by atoms with Crippen LogP contribution in [0.25, 0.3) is 0 Å². The quantitative estimate of drug-likeness (QED) is 0.538. The van der Waals surface area contributed by atoms with E-state index >= 15 is 0 Å². The van der Waals surface area contributed by atoms with Crippen molar-refractivity contribution in [3.63, 3.8) is 0 Å². The number of piperazine rings is 1. The molecule has 1 fully saturated rings. The molecule has 0 aliphatic carbocycles. The van der Waals surface area contributed by atoms with E-state index in [9.17, 15) is 4.79 Å². The van der Waals surface area contributed by atoms with Crippen LogP contribution in [-0.2, 0) is 13.0 Å². The predicted octanol–water partition coefficient (Wildman–Crippen LogP) is 5.53. The molecule has 3 rings (SSSR count). The van der Waals surface area contributed by atoms with E-state index in [2.05, 4.69) is 32.6 Å². The van der Waals surface area contributed by atoms with Gasteiger partial charge in [-0.25, -0.2) is 0 Å². The van der Waals surface area contributed by atoms with Crippen molar-refractivity contribution in [3.8, 4) is 5.75 Å². The monoisotopic (exact) mass is 442 g/mol. The highest BCUT2D eigenvalue weighted by molar-refractivity contribution is 6.30. The Labute approximate surface area is 192 Å². The van der Waals surface area contributed by atoms with Gasteiger partial charge in [-0.3, -0.25) is 9.69 Å². The lowest BCUT2D eigenvalue weighted by Crippen LogP contribution is -2.49. The molecule has 0 N–H and O–H groups in total. The zero-order chi connectivity index (χ0) is 22.4. The highest BCUT2D eigenvalue weighted by atomic mass is 35.5. The summed E-state index contributed by atoms with van der Waals surface area (Å²) < 4.78 is 6.12. The first-order chi connectivity index (χ1) is 14.8. The lowest BCUT2D eigenvalue weighted by molar-refractivity contribution is 0.0623. The lowest BCUT2D eigenvalue weighted by atomic mass is 9.99. The first kappa shape index (κ1) is 23.6. The second kappa shape index (κ2) is 11.0. The molecule has 0 unspecified atom stereocenters. The number of rotatable bonds is 8. The summed E-state index contributed by atoms with van der Waals surface area (Å²) in [5.74, 6) is 2.10. The normalized spacial score (nSPS) is 15.0. The SMILES string of the molecule is CC(C)Cc1cc(C(=O)N2CCN(CC(C)C)CC2)ccc1OCc1ccc(Cl)cc1. The topological polar surface area (TPSA) is 32.8 Å². The van der Waals surface area contributed by atoms with Crippen LogP contribution in [-0.4, -0.2) is 48.4 Å². The number of ether oxygens (including phenoxy) is 1. The van der Waals surface area contributed by atoms with Gasteiger partial charge in [-0.1, -0.05) is 51.4 Å². The molecule has 1 saturated heterocycles. The van der Waals surface area contributed by atoms with Gasteiger partial charge in [0.15, 0.2) is 0 Å². The van der Waals surface area contributed by atoms with Crippen molar-refractivity contribution in [1.29, 1.82) is 0 Å². The molecule has 168 valence electrons. The second-order valence-corrected chi connectivity index (χ2v) is 9.76. The predicted molar refractivity (Wildman–Crippen MR) is 128 cm³/mol. The van der Waals surface area contributed by atoms with Gasteiger partial charge in [0.05, 0.1) is 0 Å². The summed E-state index contributed by atoms with van der Waals surface area (Å²) in [6, 6.07) is 13.6. The molecule has 0 aromatic heterocycles. The van der Waals surface area contributed by atoms with Crippen LogP contribution in [0.1, 0.15) is 49.2 Å². The van der Waals surface area contributed by atoms with Crippen molar-refractivity contribution in [1.82, 2.24) is 9.80 Å². The highest BCUT2D eigenvalue weighted by Gasteiger charge is 2.23. The molecular formula is C26H35ClN2O2. The molecule has 2 aromatic carbocycles. The van der Waals surface area contributed by atoms with Crippen molar-refractivity contribution in [2.75, 3.05) is 32.7 Å². The summed E-state index contributed by atoms with van der Waals surface area (Å²) in [5.41, 5.74) is 2.92. The molecule has 0 radical (unpaired) electrons. The van der Waals surface area contributed by atoms with Crippen LogP contribution in [0.4, 0.5) is 0 Å². The third-order valence-corrected chi connectivity index (χ3v) is 5.78. The Kier molecular flexibility index (Phi) is 8.39. The van der Waals surface area contributed by atoms with Crippen LogP contribution in [0.5, 0.6) is 5.75 Å². The van der Waals surface area contributed by atoms with Crippen molar-refractivity contribution < 1.29 is 9.53 Å². The fourth-order valence-corrected chi connectivity index (χ4v) is 4.15. The average Bonchev–Trinajstić information content (AvgIpc) is 2.73. The molecule has 1 aliphatic rings. The van der Waals surface area contributed by atoms with Gasteiger partial charge >= 0.3 is 0 Å². The fourth-order valence-electron chi connectivity index (χ4n) is 4.03. The maximum absolute atomic E-state index is 13.1. The van der Waals surface area contributed by atoms with E-state index < -0.39 is 0 Å². The highest BCUT2D eigenvalue weighted by Crippen LogP contribution is 2.25. The van der Waals surface area contributed by atoms with Gasteiger partial charge in [0.25, 0.3) is 5.91 Å². The molecule has 1 amide bonds. The van der Waals surface area contributed by atoms with Crippen LogP contribution >= 0.6 is 11.6 Å². The van der Waals surface area contributed by atoms with E-state index in [1.165, 1.54) is 0 Å². The summed E-state index contributed by atoms with van der Waals surface area (Å²) in [4.78, 5) is 17.6. The molecule has 0 saturated carbocycles. The number of nitrogens with zero attached hydrogens (tertiary/aromatic N) is 2. The van der Waals surface area contributed by atoms with E-state index in [0.29, 0.717) is 18.4 Å². The molecule has 0 spiro atoms. The summed E-state index contributed by atoms with van der Waals surface area (Å²) in [7, 11) is 0. The smallest absolute Gasteiger partial charge is 0.253 e. The zero-order valence-corrected chi connectivity index (χ0v) is 20.0. The number of carbonyl (C=O) groups is 1. The van der Waals surface area contributed by atoms with Crippen LogP contribution in [0, 0.1) is 11.8 Å². The van der Waals surface area contributed by atoms with Crippen molar-refractivity contribution >= 4 is 17.5 Å². The largest absolute Gasteiger partial charge is 0.489 e. The van der Waals surface area contributed by atoms with Crippen LogP contribution in [0.3, 0.4) is 0 Å². The number of hydrogen-bond acceptors (Lipinski definition) is 3. The van der Waals surface area contributed by atoms with E-state index in [1.54, 1.807) is 0 Å².